The second-order valence-corrected chi connectivity index (χ2v) is 6.89. The van der Waals surface area contributed by atoms with Crippen molar-refractivity contribution < 1.29 is 22.8 Å². The van der Waals surface area contributed by atoms with Gasteiger partial charge in [0.25, 0.3) is 5.89 Å². The number of carbonyl (C=O) groups excluding carboxylic acids is 1. The first-order valence-electron chi connectivity index (χ1n) is 8.97. The predicted molar refractivity (Wildman–Crippen MR) is 91.0 cm³/mol. The van der Waals surface area contributed by atoms with E-state index >= 15 is 4.39 Å². The van der Waals surface area contributed by atoms with Crippen molar-refractivity contribution in [2.75, 3.05) is 26.2 Å². The molecular formula is C18H20F2N4O3. The molecule has 27 heavy (non-hydrogen) atoms. The summed E-state index contributed by atoms with van der Waals surface area (Å²) in [5.41, 5.74) is -1.37. The van der Waals surface area contributed by atoms with E-state index in [1.165, 1.54) is 29.2 Å². The van der Waals surface area contributed by atoms with Crippen molar-refractivity contribution in [3.63, 3.8) is 0 Å². The Hall–Kier alpha value is -2.55. The lowest BCUT2D eigenvalue weighted by Gasteiger charge is -2.19. The number of nitrogens with one attached hydrogen (secondary N) is 1. The maximum Gasteiger partial charge on any atom is 0.317 e. The van der Waals surface area contributed by atoms with Gasteiger partial charge in [-0.05, 0) is 37.1 Å². The van der Waals surface area contributed by atoms with Gasteiger partial charge in [0.2, 0.25) is 11.5 Å². The van der Waals surface area contributed by atoms with Gasteiger partial charge < -0.3 is 19.5 Å². The van der Waals surface area contributed by atoms with Gasteiger partial charge in [-0.15, -0.1) is 0 Å². The molecule has 0 spiro atoms. The molecule has 2 aliphatic rings. The highest BCUT2D eigenvalue weighted by atomic mass is 19.1. The van der Waals surface area contributed by atoms with Crippen LogP contribution in [0.25, 0.3) is 11.4 Å². The van der Waals surface area contributed by atoms with Gasteiger partial charge in [0.1, 0.15) is 5.82 Å². The van der Waals surface area contributed by atoms with Gasteiger partial charge in [0.15, 0.2) is 0 Å². The van der Waals surface area contributed by atoms with Gasteiger partial charge in [0, 0.05) is 31.7 Å². The van der Waals surface area contributed by atoms with Crippen molar-refractivity contribution in [1.82, 2.24) is 20.4 Å². The van der Waals surface area contributed by atoms with Crippen LogP contribution in [0.4, 0.5) is 13.6 Å². The smallest absolute Gasteiger partial charge is 0.317 e. The number of likely N-dealkylation sites (tertiary alicyclic amines) is 1. The average molecular weight is 378 g/mol. The van der Waals surface area contributed by atoms with E-state index in [9.17, 15) is 9.18 Å². The first-order valence-corrected chi connectivity index (χ1v) is 8.97. The van der Waals surface area contributed by atoms with E-state index in [0.717, 1.165) is 12.8 Å². The molecule has 0 radical (unpaired) electrons. The molecule has 144 valence electrons. The summed E-state index contributed by atoms with van der Waals surface area (Å²) < 4.78 is 38.9. The van der Waals surface area contributed by atoms with Crippen LogP contribution in [0.2, 0.25) is 0 Å². The lowest BCUT2D eigenvalue weighted by atomic mass is 10.1. The van der Waals surface area contributed by atoms with Crippen molar-refractivity contribution in [1.29, 1.82) is 0 Å². The van der Waals surface area contributed by atoms with Crippen molar-refractivity contribution >= 4 is 6.03 Å². The number of hydrogen-bond acceptors (Lipinski definition) is 5. The average Bonchev–Trinajstić information content (AvgIpc) is 3.41. The molecule has 1 N–H and O–H groups in total. The largest absolute Gasteiger partial charge is 0.376 e. The minimum absolute atomic E-state index is 0.0286. The number of benzene rings is 1. The monoisotopic (exact) mass is 378 g/mol. The summed E-state index contributed by atoms with van der Waals surface area (Å²) in [4.78, 5) is 17.8. The van der Waals surface area contributed by atoms with Crippen LogP contribution < -0.4 is 5.32 Å². The number of alkyl halides is 1. The summed E-state index contributed by atoms with van der Waals surface area (Å²) in [5, 5.41) is 6.57. The number of hydrogen-bond donors (Lipinski definition) is 1. The fraction of sp³-hybridized carbons (Fsp3) is 0.500. The van der Waals surface area contributed by atoms with E-state index in [4.69, 9.17) is 9.26 Å². The number of carbonyl (C=O) groups is 1. The summed E-state index contributed by atoms with van der Waals surface area (Å²) in [6, 6.07) is 5.20. The van der Waals surface area contributed by atoms with Crippen LogP contribution in [0.3, 0.4) is 0 Å². The van der Waals surface area contributed by atoms with Crippen LogP contribution in [0.15, 0.2) is 28.8 Å². The molecule has 9 heteroatoms. The first-order chi connectivity index (χ1) is 13.0. The lowest BCUT2D eigenvalue weighted by Crippen LogP contribution is -2.42. The molecule has 7 nitrogen and oxygen atoms in total. The van der Waals surface area contributed by atoms with E-state index in [-0.39, 0.29) is 49.2 Å². The molecule has 4 rings (SSSR count). The zero-order valence-corrected chi connectivity index (χ0v) is 14.7. The van der Waals surface area contributed by atoms with Gasteiger partial charge in [0.05, 0.1) is 12.6 Å². The van der Waals surface area contributed by atoms with Crippen LogP contribution in [-0.2, 0) is 10.4 Å². The zero-order valence-electron chi connectivity index (χ0n) is 14.7. The van der Waals surface area contributed by atoms with E-state index in [2.05, 4.69) is 15.5 Å². The normalized spacial score (nSPS) is 25.1. The number of ether oxygens (including phenoxy) is 1. The summed E-state index contributed by atoms with van der Waals surface area (Å²) in [6.45, 7) is 1.23. The van der Waals surface area contributed by atoms with Gasteiger partial charge in [-0.1, -0.05) is 5.16 Å². The topological polar surface area (TPSA) is 80.5 Å². The molecule has 2 atom stereocenters. The molecule has 2 aromatic rings. The van der Waals surface area contributed by atoms with E-state index < -0.39 is 5.67 Å². The van der Waals surface area contributed by atoms with Gasteiger partial charge >= 0.3 is 6.03 Å². The van der Waals surface area contributed by atoms with Crippen LogP contribution in [-0.4, -0.2) is 53.4 Å². The van der Waals surface area contributed by atoms with Crippen LogP contribution >= 0.6 is 0 Å². The van der Waals surface area contributed by atoms with Crippen molar-refractivity contribution in [2.45, 2.75) is 31.0 Å². The Bertz CT molecular complexity index is 807. The highest BCUT2D eigenvalue weighted by molar-refractivity contribution is 5.74. The summed E-state index contributed by atoms with van der Waals surface area (Å²) in [6.07, 6.45) is 2.01. The summed E-state index contributed by atoms with van der Waals surface area (Å²) in [7, 11) is 0. The fourth-order valence-electron chi connectivity index (χ4n) is 3.36. The number of rotatable bonds is 4. The Morgan fingerprint density at radius 1 is 1.37 bits per heavy atom. The van der Waals surface area contributed by atoms with Gasteiger partial charge in [-0.3, -0.25) is 0 Å². The third kappa shape index (κ3) is 3.78. The highest BCUT2D eigenvalue weighted by Crippen LogP contribution is 2.36. The number of urea groups is 1. The quantitative estimate of drug-likeness (QED) is 0.885. The molecule has 2 saturated heterocycles. The van der Waals surface area contributed by atoms with Crippen LogP contribution in [0.1, 0.15) is 25.2 Å². The Kier molecular flexibility index (Phi) is 4.77. The minimum Gasteiger partial charge on any atom is -0.376 e. The van der Waals surface area contributed by atoms with Gasteiger partial charge in [-0.2, -0.15) is 4.98 Å². The molecule has 0 saturated carbocycles. The third-order valence-electron chi connectivity index (χ3n) is 4.92. The second kappa shape index (κ2) is 7.22. The minimum atomic E-state index is -1.90. The fourth-order valence-corrected chi connectivity index (χ4v) is 3.36. The molecule has 0 aliphatic carbocycles. The zero-order chi connectivity index (χ0) is 18.9. The Morgan fingerprint density at radius 3 is 2.93 bits per heavy atom. The standard InChI is InChI=1S/C18H20F2N4O3/c19-13-5-3-12(4-6-13)15-22-16(27-23-15)18(20)7-8-24(11-18)17(25)21-10-14-2-1-9-26-14/h3-6,14H,1-2,7-11H2,(H,21,25). The molecule has 2 aliphatic heterocycles. The number of aromatic nitrogens is 2. The van der Waals surface area contributed by atoms with Crippen molar-refractivity contribution in [3.8, 4) is 11.4 Å². The molecule has 2 amide bonds. The number of halogens is 2. The summed E-state index contributed by atoms with van der Waals surface area (Å²) >= 11 is 0. The molecule has 1 aromatic heterocycles. The predicted octanol–water partition coefficient (Wildman–Crippen LogP) is 2.63. The first kappa shape index (κ1) is 17.8. The number of amides is 2. The Labute approximate surface area is 154 Å². The van der Waals surface area contributed by atoms with E-state index in [1.807, 2.05) is 0 Å². The van der Waals surface area contributed by atoms with Crippen molar-refractivity contribution in [2.24, 2.45) is 0 Å². The molecule has 0 bridgehead atoms. The van der Waals surface area contributed by atoms with Crippen LogP contribution in [0, 0.1) is 5.82 Å². The van der Waals surface area contributed by atoms with Crippen LogP contribution in [0.5, 0.6) is 0 Å². The summed E-state index contributed by atoms with van der Waals surface area (Å²) in [5.74, 6) is -0.371. The van der Waals surface area contributed by atoms with E-state index in [0.29, 0.717) is 18.7 Å². The van der Waals surface area contributed by atoms with Gasteiger partial charge in [-0.25, -0.2) is 13.6 Å². The SMILES string of the molecule is O=C(NCC1CCCO1)N1CCC(F)(c2nc(-c3ccc(F)cc3)no2)C1. The Morgan fingerprint density at radius 2 is 2.19 bits per heavy atom. The van der Waals surface area contributed by atoms with Crippen molar-refractivity contribution in [3.05, 3.63) is 36.0 Å². The maximum absolute atomic E-state index is 15.3. The third-order valence-corrected chi connectivity index (χ3v) is 4.92. The Balaban J connectivity index is 1.39. The maximum atomic E-state index is 15.3. The molecule has 3 heterocycles. The molecule has 2 fully saturated rings. The van der Waals surface area contributed by atoms with E-state index in [1.54, 1.807) is 0 Å². The molecular weight excluding hydrogens is 358 g/mol. The molecule has 2 unspecified atom stereocenters. The molecule has 1 aromatic carbocycles. The lowest BCUT2D eigenvalue weighted by molar-refractivity contribution is 0.105. The second-order valence-electron chi connectivity index (χ2n) is 6.89. The number of nitrogens with zero attached hydrogens (tertiary/aromatic N) is 3. The highest BCUT2D eigenvalue weighted by Gasteiger charge is 2.46.